The van der Waals surface area contributed by atoms with Crippen LogP contribution in [0.15, 0.2) is 30.3 Å². The van der Waals surface area contributed by atoms with E-state index < -0.39 is 8.24 Å². The first-order valence-corrected chi connectivity index (χ1v) is 8.89. The second-order valence-electron chi connectivity index (χ2n) is 4.46. The van der Waals surface area contributed by atoms with Gasteiger partial charge in [0.25, 0.3) is 0 Å². The second kappa shape index (κ2) is 5.93. The smallest absolute Gasteiger partial charge is 0.119 e. The van der Waals surface area contributed by atoms with Crippen LogP contribution in [0.5, 0.6) is 0 Å². The van der Waals surface area contributed by atoms with Crippen molar-refractivity contribution >= 4 is 13.9 Å². The summed E-state index contributed by atoms with van der Waals surface area (Å²) in [6.45, 7) is 9.07. The number of anilines is 1. The molecule has 15 heavy (non-hydrogen) atoms. The van der Waals surface area contributed by atoms with Gasteiger partial charge in [-0.1, -0.05) is 38.2 Å². The molecule has 0 aliphatic carbocycles. The van der Waals surface area contributed by atoms with Crippen LogP contribution in [0.2, 0.25) is 19.1 Å². The van der Waals surface area contributed by atoms with E-state index in [4.69, 9.17) is 0 Å². The van der Waals surface area contributed by atoms with Crippen LogP contribution in [0.1, 0.15) is 6.92 Å². The third-order valence-corrected chi connectivity index (χ3v) is 5.69. The zero-order chi connectivity index (χ0) is 11.1. The van der Waals surface area contributed by atoms with Crippen LogP contribution < -0.4 is 10.3 Å². The van der Waals surface area contributed by atoms with Gasteiger partial charge in [0.1, 0.15) is 8.24 Å². The predicted octanol–water partition coefficient (Wildman–Crippen LogP) is 2.91. The minimum absolute atomic E-state index is 1.00. The molecule has 3 heteroatoms. The van der Waals surface area contributed by atoms with Crippen molar-refractivity contribution in [1.29, 1.82) is 0 Å². The monoisotopic (exact) mass is 222 g/mol. The molecule has 0 aliphatic rings. The van der Waals surface area contributed by atoms with E-state index in [1.807, 2.05) is 6.07 Å². The van der Waals surface area contributed by atoms with E-state index in [1.54, 1.807) is 0 Å². The summed E-state index contributed by atoms with van der Waals surface area (Å²) >= 11 is 0. The number of hydrogen-bond donors (Lipinski definition) is 2. The van der Waals surface area contributed by atoms with Crippen LogP contribution in [-0.2, 0) is 0 Å². The number of nitrogens with one attached hydrogen (secondary N) is 2. The largest absolute Gasteiger partial charge is 0.384 e. The van der Waals surface area contributed by atoms with E-state index in [2.05, 4.69) is 54.6 Å². The Morgan fingerprint density at radius 3 is 2.33 bits per heavy atom. The fourth-order valence-corrected chi connectivity index (χ4v) is 2.34. The van der Waals surface area contributed by atoms with Crippen molar-refractivity contribution in [1.82, 2.24) is 4.98 Å². The SMILES string of the molecule is CC[Si](C)(C)NCCNc1ccccc1. The van der Waals surface area contributed by atoms with Crippen LogP contribution in [-0.4, -0.2) is 21.3 Å². The van der Waals surface area contributed by atoms with Gasteiger partial charge in [-0.2, -0.15) is 0 Å². The molecule has 0 saturated carbocycles. The molecular weight excluding hydrogens is 200 g/mol. The molecule has 0 heterocycles. The van der Waals surface area contributed by atoms with Crippen molar-refractivity contribution in [2.75, 3.05) is 18.4 Å². The average Bonchev–Trinajstić information content (AvgIpc) is 2.26. The molecule has 0 radical (unpaired) electrons. The number of benzene rings is 1. The minimum Gasteiger partial charge on any atom is -0.384 e. The minimum atomic E-state index is -1.11. The van der Waals surface area contributed by atoms with Crippen LogP contribution >= 0.6 is 0 Å². The summed E-state index contributed by atoms with van der Waals surface area (Å²) in [5, 5.41) is 3.40. The van der Waals surface area contributed by atoms with E-state index in [0.29, 0.717) is 0 Å². The molecule has 1 aromatic carbocycles. The summed E-state index contributed by atoms with van der Waals surface area (Å²) < 4.78 is 0. The van der Waals surface area contributed by atoms with Crippen LogP contribution in [0, 0.1) is 0 Å². The lowest BCUT2D eigenvalue weighted by Gasteiger charge is -2.22. The zero-order valence-corrected chi connectivity index (χ0v) is 11.0. The van der Waals surface area contributed by atoms with Gasteiger partial charge >= 0.3 is 0 Å². The number of rotatable bonds is 6. The van der Waals surface area contributed by atoms with Crippen molar-refractivity contribution in [2.45, 2.75) is 26.1 Å². The molecule has 1 aromatic rings. The molecule has 0 spiro atoms. The van der Waals surface area contributed by atoms with Gasteiger partial charge in [-0.3, -0.25) is 0 Å². The van der Waals surface area contributed by atoms with Crippen LogP contribution in [0.25, 0.3) is 0 Å². The molecular formula is C12H22N2Si. The van der Waals surface area contributed by atoms with E-state index in [-0.39, 0.29) is 0 Å². The van der Waals surface area contributed by atoms with E-state index in [0.717, 1.165) is 13.1 Å². The van der Waals surface area contributed by atoms with Gasteiger partial charge in [-0.25, -0.2) is 0 Å². The van der Waals surface area contributed by atoms with Gasteiger partial charge < -0.3 is 10.3 Å². The lowest BCUT2D eigenvalue weighted by atomic mass is 10.3. The molecule has 84 valence electrons. The van der Waals surface area contributed by atoms with E-state index in [1.165, 1.54) is 11.7 Å². The first-order valence-electron chi connectivity index (χ1n) is 5.68. The Hall–Kier alpha value is -0.803. The summed E-state index contributed by atoms with van der Waals surface area (Å²) in [5.41, 5.74) is 1.20. The molecule has 0 aliphatic heterocycles. The van der Waals surface area contributed by atoms with Crippen molar-refractivity contribution in [3.63, 3.8) is 0 Å². The molecule has 2 N–H and O–H groups in total. The second-order valence-corrected chi connectivity index (χ2v) is 9.29. The fourth-order valence-electron chi connectivity index (χ4n) is 1.29. The third kappa shape index (κ3) is 5.00. The lowest BCUT2D eigenvalue weighted by Crippen LogP contribution is -2.45. The highest BCUT2D eigenvalue weighted by Crippen LogP contribution is 2.05. The van der Waals surface area contributed by atoms with Crippen LogP contribution in [0.4, 0.5) is 5.69 Å². The highest BCUT2D eigenvalue weighted by atomic mass is 28.3. The Kier molecular flexibility index (Phi) is 4.85. The van der Waals surface area contributed by atoms with Gasteiger partial charge in [0, 0.05) is 18.8 Å². The van der Waals surface area contributed by atoms with Gasteiger partial charge in [-0.15, -0.1) is 0 Å². The van der Waals surface area contributed by atoms with Crippen molar-refractivity contribution in [3.05, 3.63) is 30.3 Å². The Bertz CT molecular complexity index is 272. The maximum atomic E-state index is 3.66. The van der Waals surface area contributed by atoms with Crippen LogP contribution in [0.3, 0.4) is 0 Å². The molecule has 1 rings (SSSR count). The van der Waals surface area contributed by atoms with Crippen molar-refractivity contribution in [2.24, 2.45) is 0 Å². The summed E-state index contributed by atoms with van der Waals surface area (Å²) in [6, 6.07) is 11.6. The molecule has 0 saturated heterocycles. The molecule has 0 fully saturated rings. The molecule has 0 bridgehead atoms. The highest BCUT2D eigenvalue weighted by Gasteiger charge is 2.15. The zero-order valence-electron chi connectivity index (χ0n) is 10.0. The van der Waals surface area contributed by atoms with E-state index in [9.17, 15) is 0 Å². The third-order valence-electron chi connectivity index (χ3n) is 2.72. The van der Waals surface area contributed by atoms with Gasteiger partial charge in [0.05, 0.1) is 0 Å². The molecule has 0 unspecified atom stereocenters. The lowest BCUT2D eigenvalue weighted by molar-refractivity contribution is 0.896. The number of hydrogen-bond acceptors (Lipinski definition) is 2. The Balaban J connectivity index is 2.18. The predicted molar refractivity (Wildman–Crippen MR) is 70.9 cm³/mol. The standard InChI is InChI=1S/C12H22N2Si/c1-4-15(2,3)14-11-10-13-12-8-6-5-7-9-12/h5-9,13-14H,4,10-11H2,1-3H3. The first-order chi connectivity index (χ1) is 7.14. The van der Waals surface area contributed by atoms with Gasteiger partial charge in [-0.05, 0) is 18.2 Å². The Morgan fingerprint density at radius 1 is 1.07 bits per heavy atom. The number of para-hydroxylation sites is 1. The van der Waals surface area contributed by atoms with Crippen molar-refractivity contribution in [3.8, 4) is 0 Å². The quantitative estimate of drug-likeness (QED) is 0.571. The molecule has 0 atom stereocenters. The molecule has 0 aromatic heterocycles. The molecule has 0 amide bonds. The summed E-state index contributed by atoms with van der Waals surface area (Å²) in [7, 11) is -1.11. The van der Waals surface area contributed by atoms with E-state index >= 15 is 0 Å². The van der Waals surface area contributed by atoms with Crippen molar-refractivity contribution < 1.29 is 0 Å². The maximum absolute atomic E-state index is 3.66. The van der Waals surface area contributed by atoms with Gasteiger partial charge in [0.2, 0.25) is 0 Å². The average molecular weight is 222 g/mol. The maximum Gasteiger partial charge on any atom is 0.119 e. The highest BCUT2D eigenvalue weighted by molar-refractivity contribution is 6.74. The topological polar surface area (TPSA) is 24.1 Å². The summed E-state index contributed by atoms with van der Waals surface area (Å²) in [5.74, 6) is 0. The molecule has 2 nitrogen and oxygen atoms in total. The normalized spacial score (nSPS) is 11.4. The van der Waals surface area contributed by atoms with Gasteiger partial charge in [0.15, 0.2) is 0 Å². The summed E-state index contributed by atoms with van der Waals surface area (Å²) in [4.78, 5) is 3.66. The summed E-state index contributed by atoms with van der Waals surface area (Å²) in [6.07, 6.45) is 0. The fraction of sp³-hybridized carbons (Fsp3) is 0.500. The Morgan fingerprint density at radius 2 is 1.73 bits per heavy atom. The Labute approximate surface area is 94.2 Å². The first kappa shape index (κ1) is 12.3.